The maximum absolute atomic E-state index is 8.58. The standard InChI is InChI=1S/C11H16BrN3O/c1-6-4-9(12)5-7(2)10(6)14-8(3)11(13)15-16/h4-5,8,14,16H,1-3H3,(H2,13,15). The number of halogens is 1. The summed E-state index contributed by atoms with van der Waals surface area (Å²) in [5.41, 5.74) is 8.77. The van der Waals surface area contributed by atoms with Crippen LogP contribution < -0.4 is 11.1 Å². The molecular formula is C11H16BrN3O. The molecule has 1 rings (SSSR count). The first kappa shape index (κ1) is 12.8. The first-order valence-corrected chi connectivity index (χ1v) is 5.75. The van der Waals surface area contributed by atoms with Crippen LogP contribution in [0.2, 0.25) is 0 Å². The van der Waals surface area contributed by atoms with E-state index in [-0.39, 0.29) is 11.9 Å². The summed E-state index contributed by atoms with van der Waals surface area (Å²) in [7, 11) is 0. The van der Waals surface area contributed by atoms with Crippen molar-refractivity contribution in [2.45, 2.75) is 26.8 Å². The Balaban J connectivity index is 2.98. The number of hydrogen-bond donors (Lipinski definition) is 3. The number of amidine groups is 1. The van der Waals surface area contributed by atoms with Gasteiger partial charge in [-0.2, -0.15) is 0 Å². The van der Waals surface area contributed by atoms with Crippen LogP contribution in [0.25, 0.3) is 0 Å². The molecule has 88 valence electrons. The molecular weight excluding hydrogens is 270 g/mol. The van der Waals surface area contributed by atoms with Gasteiger partial charge in [0.15, 0.2) is 5.84 Å². The highest BCUT2D eigenvalue weighted by atomic mass is 79.9. The van der Waals surface area contributed by atoms with E-state index in [9.17, 15) is 0 Å². The molecule has 0 aromatic heterocycles. The van der Waals surface area contributed by atoms with Crippen molar-refractivity contribution in [2.75, 3.05) is 5.32 Å². The first-order chi connectivity index (χ1) is 7.45. The average molecular weight is 286 g/mol. The number of hydrogen-bond acceptors (Lipinski definition) is 3. The van der Waals surface area contributed by atoms with Crippen LogP contribution in [0, 0.1) is 13.8 Å². The van der Waals surface area contributed by atoms with Crippen molar-refractivity contribution < 1.29 is 5.21 Å². The lowest BCUT2D eigenvalue weighted by Crippen LogP contribution is -2.33. The van der Waals surface area contributed by atoms with Crippen molar-refractivity contribution >= 4 is 27.5 Å². The maximum atomic E-state index is 8.58. The summed E-state index contributed by atoms with van der Waals surface area (Å²) in [6.45, 7) is 5.87. The summed E-state index contributed by atoms with van der Waals surface area (Å²) in [6, 6.07) is 3.84. The summed E-state index contributed by atoms with van der Waals surface area (Å²) >= 11 is 3.44. The van der Waals surface area contributed by atoms with E-state index in [1.165, 1.54) is 0 Å². The second-order valence-electron chi connectivity index (χ2n) is 3.81. The van der Waals surface area contributed by atoms with Gasteiger partial charge in [-0.15, -0.1) is 0 Å². The van der Waals surface area contributed by atoms with Gasteiger partial charge in [0.25, 0.3) is 0 Å². The smallest absolute Gasteiger partial charge is 0.161 e. The van der Waals surface area contributed by atoms with Crippen LogP contribution in [0.4, 0.5) is 5.69 Å². The highest BCUT2D eigenvalue weighted by molar-refractivity contribution is 9.10. The van der Waals surface area contributed by atoms with E-state index in [4.69, 9.17) is 10.9 Å². The van der Waals surface area contributed by atoms with Gasteiger partial charge in [-0.25, -0.2) is 0 Å². The van der Waals surface area contributed by atoms with Crippen LogP contribution in [0.5, 0.6) is 0 Å². The predicted molar refractivity (Wildman–Crippen MR) is 70.1 cm³/mol. The number of rotatable bonds is 3. The fourth-order valence-electron chi connectivity index (χ4n) is 1.52. The lowest BCUT2D eigenvalue weighted by molar-refractivity contribution is 0.316. The second-order valence-corrected chi connectivity index (χ2v) is 4.72. The molecule has 0 bridgehead atoms. The molecule has 0 aliphatic carbocycles. The van der Waals surface area contributed by atoms with Crippen molar-refractivity contribution in [2.24, 2.45) is 10.9 Å². The van der Waals surface area contributed by atoms with Crippen LogP contribution in [0.3, 0.4) is 0 Å². The quantitative estimate of drug-likeness (QED) is 0.346. The molecule has 1 aromatic rings. The molecule has 5 heteroatoms. The zero-order valence-electron chi connectivity index (χ0n) is 9.58. The number of nitrogens with one attached hydrogen (secondary N) is 1. The number of benzene rings is 1. The Hall–Kier alpha value is -1.23. The number of nitrogens with zero attached hydrogens (tertiary/aromatic N) is 1. The molecule has 0 amide bonds. The molecule has 1 aromatic carbocycles. The lowest BCUT2D eigenvalue weighted by atomic mass is 10.1. The Bertz CT molecular complexity index is 395. The van der Waals surface area contributed by atoms with Crippen LogP contribution in [-0.2, 0) is 0 Å². The van der Waals surface area contributed by atoms with Gasteiger partial charge < -0.3 is 16.3 Å². The fourth-order valence-corrected chi connectivity index (χ4v) is 2.20. The molecule has 0 fully saturated rings. The molecule has 0 aliphatic heterocycles. The van der Waals surface area contributed by atoms with Gasteiger partial charge in [0, 0.05) is 10.2 Å². The molecule has 0 saturated carbocycles. The largest absolute Gasteiger partial charge is 0.409 e. The Morgan fingerprint density at radius 2 is 1.94 bits per heavy atom. The highest BCUT2D eigenvalue weighted by Crippen LogP contribution is 2.25. The van der Waals surface area contributed by atoms with Crippen LogP contribution in [0.1, 0.15) is 18.1 Å². The molecule has 0 saturated heterocycles. The van der Waals surface area contributed by atoms with E-state index < -0.39 is 0 Å². The van der Waals surface area contributed by atoms with Crippen LogP contribution >= 0.6 is 15.9 Å². The normalized spacial score (nSPS) is 13.6. The number of anilines is 1. The Kier molecular flexibility index (Phi) is 4.18. The third-order valence-corrected chi connectivity index (χ3v) is 2.88. The van der Waals surface area contributed by atoms with Gasteiger partial charge in [0.2, 0.25) is 0 Å². The summed E-state index contributed by atoms with van der Waals surface area (Å²) in [5, 5.41) is 14.8. The van der Waals surface area contributed by atoms with Crippen molar-refractivity contribution in [1.82, 2.24) is 0 Å². The minimum atomic E-state index is -0.205. The Morgan fingerprint density at radius 1 is 1.44 bits per heavy atom. The number of nitrogens with two attached hydrogens (primary N) is 1. The summed E-state index contributed by atoms with van der Waals surface area (Å²) in [4.78, 5) is 0. The first-order valence-electron chi connectivity index (χ1n) is 4.96. The van der Waals surface area contributed by atoms with Crippen molar-refractivity contribution in [3.05, 3.63) is 27.7 Å². The van der Waals surface area contributed by atoms with Gasteiger partial charge >= 0.3 is 0 Å². The molecule has 1 atom stereocenters. The van der Waals surface area contributed by atoms with Crippen LogP contribution in [-0.4, -0.2) is 17.1 Å². The van der Waals surface area contributed by atoms with Gasteiger partial charge in [0.05, 0.1) is 6.04 Å². The third-order valence-electron chi connectivity index (χ3n) is 2.42. The molecule has 1 unspecified atom stereocenters. The van der Waals surface area contributed by atoms with Gasteiger partial charge in [0.1, 0.15) is 0 Å². The van der Waals surface area contributed by atoms with Gasteiger partial charge in [-0.05, 0) is 44.0 Å². The average Bonchev–Trinajstić information content (AvgIpc) is 2.21. The molecule has 0 spiro atoms. The van der Waals surface area contributed by atoms with E-state index >= 15 is 0 Å². The third kappa shape index (κ3) is 2.88. The molecule has 0 heterocycles. The monoisotopic (exact) mass is 285 g/mol. The molecule has 0 aliphatic rings. The Labute approximate surface area is 104 Å². The van der Waals surface area contributed by atoms with Crippen molar-refractivity contribution in [1.29, 1.82) is 0 Å². The minimum absolute atomic E-state index is 0.168. The highest BCUT2D eigenvalue weighted by Gasteiger charge is 2.11. The second kappa shape index (κ2) is 5.21. The maximum Gasteiger partial charge on any atom is 0.161 e. The zero-order chi connectivity index (χ0) is 12.3. The fraction of sp³-hybridized carbons (Fsp3) is 0.364. The van der Waals surface area contributed by atoms with Crippen molar-refractivity contribution in [3.8, 4) is 0 Å². The molecule has 4 nitrogen and oxygen atoms in total. The number of aryl methyl sites for hydroxylation is 2. The van der Waals surface area contributed by atoms with E-state index in [0.29, 0.717) is 0 Å². The summed E-state index contributed by atoms with van der Waals surface area (Å²) in [6.07, 6.45) is 0. The Morgan fingerprint density at radius 3 is 2.38 bits per heavy atom. The summed E-state index contributed by atoms with van der Waals surface area (Å²) in [5.74, 6) is 0.168. The van der Waals surface area contributed by atoms with Gasteiger partial charge in [-0.3, -0.25) is 0 Å². The predicted octanol–water partition coefficient (Wildman–Crippen LogP) is 2.61. The van der Waals surface area contributed by atoms with E-state index in [1.807, 2.05) is 32.9 Å². The summed E-state index contributed by atoms with van der Waals surface area (Å²) < 4.78 is 1.05. The van der Waals surface area contributed by atoms with Crippen molar-refractivity contribution in [3.63, 3.8) is 0 Å². The topological polar surface area (TPSA) is 70.6 Å². The SMILES string of the molecule is Cc1cc(Br)cc(C)c1NC(C)C(N)=NO. The minimum Gasteiger partial charge on any atom is -0.409 e. The van der Waals surface area contributed by atoms with Gasteiger partial charge in [-0.1, -0.05) is 21.1 Å². The van der Waals surface area contributed by atoms with Crippen LogP contribution in [0.15, 0.2) is 21.8 Å². The van der Waals surface area contributed by atoms with E-state index in [1.54, 1.807) is 0 Å². The molecule has 0 radical (unpaired) electrons. The van der Waals surface area contributed by atoms with E-state index in [0.717, 1.165) is 21.3 Å². The lowest BCUT2D eigenvalue weighted by Gasteiger charge is -2.18. The number of oxime groups is 1. The van der Waals surface area contributed by atoms with E-state index in [2.05, 4.69) is 26.4 Å². The zero-order valence-corrected chi connectivity index (χ0v) is 11.2. The molecule has 4 N–H and O–H groups in total. The molecule has 16 heavy (non-hydrogen) atoms.